The highest BCUT2D eigenvalue weighted by Crippen LogP contribution is 2.41. The standard InChI is InChI=1S/C15H28N2O3S/c1-12(2)20-7-8-21(18,19)17-10-13-9-16-6-4-3-5-15(16)14(13)11-17/h12-15H,3-11H2,1-2H3/t13-,14-,15+/m0/s1. The molecule has 5 nitrogen and oxygen atoms in total. The van der Waals surface area contributed by atoms with Gasteiger partial charge in [-0.1, -0.05) is 6.42 Å². The maximum absolute atomic E-state index is 12.4. The van der Waals surface area contributed by atoms with Gasteiger partial charge in [0.05, 0.1) is 18.5 Å². The number of rotatable bonds is 5. The van der Waals surface area contributed by atoms with Crippen molar-refractivity contribution in [1.29, 1.82) is 0 Å². The lowest BCUT2D eigenvalue weighted by Gasteiger charge is -2.33. The van der Waals surface area contributed by atoms with Crippen molar-refractivity contribution >= 4 is 10.0 Å². The molecule has 0 saturated carbocycles. The van der Waals surface area contributed by atoms with Gasteiger partial charge in [-0.15, -0.1) is 0 Å². The van der Waals surface area contributed by atoms with Crippen LogP contribution in [0.3, 0.4) is 0 Å². The Morgan fingerprint density at radius 2 is 2.00 bits per heavy atom. The fraction of sp³-hybridized carbons (Fsp3) is 1.00. The maximum atomic E-state index is 12.4. The highest BCUT2D eigenvalue weighted by molar-refractivity contribution is 7.89. The first kappa shape index (κ1) is 15.7. The van der Waals surface area contributed by atoms with Crippen molar-refractivity contribution in [2.75, 3.05) is 38.5 Å². The Morgan fingerprint density at radius 1 is 1.19 bits per heavy atom. The fourth-order valence-corrected chi connectivity index (χ4v) is 5.64. The third-order valence-corrected chi connectivity index (χ3v) is 7.04. The van der Waals surface area contributed by atoms with E-state index in [2.05, 4.69) is 4.90 Å². The van der Waals surface area contributed by atoms with Gasteiger partial charge in [-0.05, 0) is 45.1 Å². The molecule has 0 aliphatic carbocycles. The van der Waals surface area contributed by atoms with Crippen LogP contribution < -0.4 is 0 Å². The second kappa shape index (κ2) is 6.14. The average molecular weight is 316 g/mol. The summed E-state index contributed by atoms with van der Waals surface area (Å²) in [5.74, 6) is 1.24. The highest BCUT2D eigenvalue weighted by Gasteiger charge is 2.49. The van der Waals surface area contributed by atoms with Gasteiger partial charge in [0.25, 0.3) is 0 Å². The largest absolute Gasteiger partial charge is 0.378 e. The summed E-state index contributed by atoms with van der Waals surface area (Å²) in [5.41, 5.74) is 0. The van der Waals surface area contributed by atoms with Crippen molar-refractivity contribution in [1.82, 2.24) is 9.21 Å². The van der Waals surface area contributed by atoms with Crippen LogP contribution in [0.2, 0.25) is 0 Å². The minimum Gasteiger partial charge on any atom is -0.378 e. The molecule has 0 spiro atoms. The minimum absolute atomic E-state index is 0.0916. The van der Waals surface area contributed by atoms with Gasteiger partial charge in [-0.2, -0.15) is 0 Å². The van der Waals surface area contributed by atoms with Crippen molar-refractivity contribution < 1.29 is 13.2 Å². The zero-order valence-corrected chi connectivity index (χ0v) is 14.0. The Kier molecular flexibility index (Phi) is 4.60. The molecule has 0 radical (unpaired) electrons. The molecule has 6 heteroatoms. The molecule has 3 atom stereocenters. The molecule has 21 heavy (non-hydrogen) atoms. The molecule has 0 unspecified atom stereocenters. The number of sulfonamides is 1. The SMILES string of the molecule is CC(C)OCCS(=O)(=O)N1C[C@@H]2CN3CCCC[C@@H]3[C@H]2C1. The van der Waals surface area contributed by atoms with Crippen LogP contribution in [0.25, 0.3) is 0 Å². The van der Waals surface area contributed by atoms with Crippen molar-refractivity contribution in [3.05, 3.63) is 0 Å². The summed E-state index contributed by atoms with van der Waals surface area (Å²) >= 11 is 0. The van der Waals surface area contributed by atoms with Crippen LogP contribution in [0.4, 0.5) is 0 Å². The summed E-state index contributed by atoms with van der Waals surface area (Å²) < 4.78 is 32.0. The number of hydrogen-bond acceptors (Lipinski definition) is 4. The molecular formula is C15H28N2O3S. The van der Waals surface area contributed by atoms with E-state index in [4.69, 9.17) is 4.74 Å². The number of hydrogen-bond donors (Lipinski definition) is 0. The number of ether oxygens (including phenoxy) is 1. The van der Waals surface area contributed by atoms with E-state index in [-0.39, 0.29) is 11.9 Å². The molecule has 3 rings (SSSR count). The predicted molar refractivity (Wildman–Crippen MR) is 82.6 cm³/mol. The van der Waals surface area contributed by atoms with Crippen LogP contribution in [-0.2, 0) is 14.8 Å². The molecule has 0 bridgehead atoms. The summed E-state index contributed by atoms with van der Waals surface area (Å²) in [6.45, 7) is 7.95. The molecule has 0 amide bonds. The molecule has 3 aliphatic rings. The summed E-state index contributed by atoms with van der Waals surface area (Å²) in [7, 11) is -3.15. The van der Waals surface area contributed by atoms with Gasteiger partial charge in [0.1, 0.15) is 0 Å². The number of piperidine rings is 1. The van der Waals surface area contributed by atoms with E-state index in [1.807, 2.05) is 13.8 Å². The Bertz CT molecular complexity index is 466. The highest BCUT2D eigenvalue weighted by atomic mass is 32.2. The summed E-state index contributed by atoms with van der Waals surface area (Å²) in [6.07, 6.45) is 3.96. The zero-order chi connectivity index (χ0) is 15.0. The van der Waals surface area contributed by atoms with E-state index in [0.29, 0.717) is 24.5 Å². The first-order valence-corrected chi connectivity index (χ1v) is 9.92. The Hall–Kier alpha value is -0.170. The Labute approximate surface area is 128 Å². The van der Waals surface area contributed by atoms with Crippen LogP contribution >= 0.6 is 0 Å². The summed E-state index contributed by atoms with van der Waals surface area (Å²) in [4.78, 5) is 2.60. The smallest absolute Gasteiger partial charge is 0.216 e. The van der Waals surface area contributed by atoms with Crippen molar-refractivity contribution in [2.24, 2.45) is 11.8 Å². The number of nitrogens with zero attached hydrogens (tertiary/aromatic N) is 2. The van der Waals surface area contributed by atoms with E-state index in [9.17, 15) is 8.42 Å². The predicted octanol–water partition coefficient (Wildman–Crippen LogP) is 1.16. The molecule has 122 valence electrons. The van der Waals surface area contributed by atoms with Gasteiger partial charge in [0.15, 0.2) is 0 Å². The van der Waals surface area contributed by atoms with Crippen LogP contribution in [0.5, 0.6) is 0 Å². The maximum Gasteiger partial charge on any atom is 0.216 e. The topological polar surface area (TPSA) is 49.9 Å². The second-order valence-corrected chi connectivity index (χ2v) is 9.12. The van der Waals surface area contributed by atoms with E-state index in [1.165, 1.54) is 25.8 Å². The van der Waals surface area contributed by atoms with E-state index >= 15 is 0 Å². The van der Waals surface area contributed by atoms with Crippen molar-refractivity contribution in [3.63, 3.8) is 0 Å². The molecule has 0 aromatic carbocycles. The second-order valence-electron chi connectivity index (χ2n) is 7.03. The molecule has 0 aromatic rings. The first-order valence-electron chi connectivity index (χ1n) is 8.31. The van der Waals surface area contributed by atoms with Gasteiger partial charge < -0.3 is 4.74 Å². The van der Waals surface area contributed by atoms with E-state index in [0.717, 1.165) is 19.6 Å². The molecular weight excluding hydrogens is 288 g/mol. The molecule has 0 N–H and O–H groups in total. The Balaban J connectivity index is 1.57. The third-order valence-electron chi connectivity index (χ3n) is 5.27. The van der Waals surface area contributed by atoms with E-state index < -0.39 is 10.0 Å². The van der Waals surface area contributed by atoms with Crippen LogP contribution in [0.15, 0.2) is 0 Å². The molecule has 3 saturated heterocycles. The van der Waals surface area contributed by atoms with Crippen molar-refractivity contribution in [3.8, 4) is 0 Å². The fourth-order valence-electron chi connectivity index (χ4n) is 4.26. The summed E-state index contributed by atoms with van der Waals surface area (Å²) in [5, 5.41) is 0. The van der Waals surface area contributed by atoms with Crippen molar-refractivity contribution in [2.45, 2.75) is 45.3 Å². The molecule has 3 fully saturated rings. The first-order chi connectivity index (χ1) is 9.97. The van der Waals surface area contributed by atoms with E-state index in [1.54, 1.807) is 4.31 Å². The van der Waals surface area contributed by atoms with Gasteiger partial charge in [-0.3, -0.25) is 4.90 Å². The normalized spacial score (nSPS) is 34.3. The van der Waals surface area contributed by atoms with Gasteiger partial charge in [-0.25, -0.2) is 12.7 Å². The third kappa shape index (κ3) is 3.28. The zero-order valence-electron chi connectivity index (χ0n) is 13.2. The summed E-state index contributed by atoms with van der Waals surface area (Å²) in [6, 6.07) is 0.635. The van der Waals surface area contributed by atoms with Crippen LogP contribution in [0.1, 0.15) is 33.1 Å². The quantitative estimate of drug-likeness (QED) is 0.764. The molecule has 3 aliphatic heterocycles. The van der Waals surface area contributed by atoms with Crippen LogP contribution in [0, 0.1) is 11.8 Å². The lowest BCUT2D eigenvalue weighted by atomic mass is 9.90. The molecule has 0 aromatic heterocycles. The lowest BCUT2D eigenvalue weighted by molar-refractivity contribution is 0.0906. The minimum atomic E-state index is -3.15. The number of fused-ring (bicyclic) bond motifs is 3. The lowest BCUT2D eigenvalue weighted by Crippen LogP contribution is -2.41. The van der Waals surface area contributed by atoms with Gasteiger partial charge >= 0.3 is 0 Å². The van der Waals surface area contributed by atoms with Crippen LogP contribution in [-0.4, -0.2) is 68.3 Å². The average Bonchev–Trinajstić information content (AvgIpc) is 2.95. The molecule has 3 heterocycles. The van der Waals surface area contributed by atoms with Gasteiger partial charge in [0, 0.05) is 25.7 Å². The Morgan fingerprint density at radius 3 is 2.76 bits per heavy atom. The van der Waals surface area contributed by atoms with Gasteiger partial charge in [0.2, 0.25) is 10.0 Å². The monoisotopic (exact) mass is 316 g/mol.